The summed E-state index contributed by atoms with van der Waals surface area (Å²) in [6, 6.07) is -0.114. The predicted molar refractivity (Wildman–Crippen MR) is 70.9 cm³/mol. The molecule has 1 atom stereocenters. The van der Waals surface area contributed by atoms with Gasteiger partial charge in [-0.15, -0.1) is 0 Å². The maximum atomic E-state index is 11.9. The first kappa shape index (κ1) is 15.0. The van der Waals surface area contributed by atoms with Crippen molar-refractivity contribution in [3.63, 3.8) is 0 Å². The molecule has 1 saturated carbocycles. The van der Waals surface area contributed by atoms with E-state index in [4.69, 9.17) is 5.73 Å². The van der Waals surface area contributed by atoms with Crippen molar-refractivity contribution < 1.29 is 9.59 Å². The van der Waals surface area contributed by atoms with Gasteiger partial charge in [-0.2, -0.15) is 0 Å². The number of nitrogens with two attached hydrogens (primary N) is 1. The lowest BCUT2D eigenvalue weighted by Gasteiger charge is -2.23. The summed E-state index contributed by atoms with van der Waals surface area (Å²) in [5.41, 5.74) is 5.30. The van der Waals surface area contributed by atoms with Crippen LogP contribution in [0.5, 0.6) is 0 Å². The van der Waals surface area contributed by atoms with Crippen molar-refractivity contribution in [2.24, 2.45) is 11.7 Å². The van der Waals surface area contributed by atoms with Crippen LogP contribution in [0.25, 0.3) is 0 Å². The molecule has 0 bridgehead atoms. The van der Waals surface area contributed by atoms with Crippen LogP contribution < -0.4 is 16.4 Å². The van der Waals surface area contributed by atoms with Crippen LogP contribution >= 0.6 is 0 Å². The van der Waals surface area contributed by atoms with E-state index in [0.717, 1.165) is 25.7 Å². The molecular formula is C13H25N3O2. The molecular weight excluding hydrogens is 230 g/mol. The third kappa shape index (κ3) is 5.49. The second-order valence-electron chi connectivity index (χ2n) is 5.09. The average Bonchev–Trinajstić information content (AvgIpc) is 2.37. The molecule has 5 nitrogen and oxygen atoms in total. The Labute approximate surface area is 109 Å². The molecule has 1 rings (SSSR count). The quantitative estimate of drug-likeness (QED) is 0.647. The molecule has 5 heteroatoms. The van der Waals surface area contributed by atoms with Crippen LogP contribution in [0.2, 0.25) is 0 Å². The van der Waals surface area contributed by atoms with E-state index in [1.54, 1.807) is 0 Å². The van der Waals surface area contributed by atoms with Crippen LogP contribution in [0.4, 0.5) is 0 Å². The minimum atomic E-state index is -0.114. The van der Waals surface area contributed by atoms with E-state index in [0.29, 0.717) is 19.5 Å². The first-order valence-electron chi connectivity index (χ1n) is 6.90. The maximum absolute atomic E-state index is 11.9. The van der Waals surface area contributed by atoms with E-state index in [-0.39, 0.29) is 23.8 Å². The van der Waals surface area contributed by atoms with Crippen molar-refractivity contribution in [1.29, 1.82) is 0 Å². The molecule has 0 aromatic carbocycles. The van der Waals surface area contributed by atoms with Gasteiger partial charge in [0.15, 0.2) is 0 Å². The molecule has 1 unspecified atom stereocenters. The number of amides is 2. The molecule has 2 amide bonds. The van der Waals surface area contributed by atoms with E-state index in [1.807, 2.05) is 6.92 Å². The molecule has 104 valence electrons. The van der Waals surface area contributed by atoms with Gasteiger partial charge in [-0.25, -0.2) is 0 Å². The lowest BCUT2D eigenvalue weighted by Crippen LogP contribution is -2.41. The highest BCUT2D eigenvalue weighted by Gasteiger charge is 2.22. The second-order valence-corrected chi connectivity index (χ2v) is 5.09. The topological polar surface area (TPSA) is 84.2 Å². The molecule has 1 aliphatic rings. The smallest absolute Gasteiger partial charge is 0.223 e. The molecule has 0 saturated heterocycles. The number of nitrogens with one attached hydrogen (secondary N) is 2. The van der Waals surface area contributed by atoms with E-state index in [2.05, 4.69) is 10.6 Å². The largest absolute Gasteiger partial charge is 0.355 e. The van der Waals surface area contributed by atoms with Crippen LogP contribution in [0.1, 0.15) is 45.4 Å². The van der Waals surface area contributed by atoms with Crippen LogP contribution in [0.3, 0.4) is 0 Å². The standard InChI is InChI=1S/C13H25N3O2/c1-10(9-12(17)15-8-7-14)16-13(18)11-5-3-2-4-6-11/h10-11H,2-9,14H2,1H3,(H,15,17)(H,16,18). The number of rotatable bonds is 6. The summed E-state index contributed by atoms with van der Waals surface area (Å²) in [4.78, 5) is 23.4. The zero-order chi connectivity index (χ0) is 13.4. The van der Waals surface area contributed by atoms with Crippen LogP contribution in [0.15, 0.2) is 0 Å². The lowest BCUT2D eigenvalue weighted by molar-refractivity contribution is -0.127. The zero-order valence-corrected chi connectivity index (χ0v) is 11.2. The Bertz CT molecular complexity index is 275. The summed E-state index contributed by atoms with van der Waals surface area (Å²) in [5.74, 6) is 0.194. The molecule has 1 aliphatic carbocycles. The van der Waals surface area contributed by atoms with Gasteiger partial charge < -0.3 is 16.4 Å². The second kappa shape index (κ2) is 8.08. The maximum Gasteiger partial charge on any atom is 0.223 e. The van der Waals surface area contributed by atoms with Crippen LogP contribution in [0, 0.1) is 5.92 Å². The summed E-state index contributed by atoms with van der Waals surface area (Å²) in [7, 11) is 0. The van der Waals surface area contributed by atoms with Gasteiger partial charge in [0, 0.05) is 31.5 Å². The van der Waals surface area contributed by atoms with Gasteiger partial charge in [-0.3, -0.25) is 9.59 Å². The Balaban J connectivity index is 2.23. The Morgan fingerprint density at radius 1 is 1.28 bits per heavy atom. The van der Waals surface area contributed by atoms with Gasteiger partial charge in [-0.1, -0.05) is 19.3 Å². The fourth-order valence-electron chi connectivity index (χ4n) is 2.34. The van der Waals surface area contributed by atoms with Crippen LogP contribution in [-0.2, 0) is 9.59 Å². The highest BCUT2D eigenvalue weighted by atomic mass is 16.2. The average molecular weight is 255 g/mol. The van der Waals surface area contributed by atoms with Gasteiger partial charge in [0.2, 0.25) is 11.8 Å². The van der Waals surface area contributed by atoms with E-state index >= 15 is 0 Å². The third-order valence-electron chi connectivity index (χ3n) is 3.32. The van der Waals surface area contributed by atoms with Crippen molar-refractivity contribution in [1.82, 2.24) is 10.6 Å². The normalized spacial score (nSPS) is 18.1. The van der Waals surface area contributed by atoms with Gasteiger partial charge >= 0.3 is 0 Å². The Morgan fingerprint density at radius 2 is 1.94 bits per heavy atom. The minimum absolute atomic E-state index is 0.0584. The number of hydrogen-bond acceptors (Lipinski definition) is 3. The first-order valence-corrected chi connectivity index (χ1v) is 6.90. The molecule has 0 heterocycles. The molecule has 0 aliphatic heterocycles. The summed E-state index contributed by atoms with van der Waals surface area (Å²) >= 11 is 0. The monoisotopic (exact) mass is 255 g/mol. The van der Waals surface area contributed by atoms with Gasteiger partial charge in [-0.05, 0) is 19.8 Å². The molecule has 0 spiro atoms. The van der Waals surface area contributed by atoms with E-state index in [9.17, 15) is 9.59 Å². The Morgan fingerprint density at radius 3 is 2.56 bits per heavy atom. The van der Waals surface area contributed by atoms with E-state index in [1.165, 1.54) is 6.42 Å². The molecule has 1 fully saturated rings. The summed E-state index contributed by atoms with van der Waals surface area (Å²) in [6.45, 7) is 2.79. The van der Waals surface area contributed by atoms with E-state index < -0.39 is 0 Å². The lowest BCUT2D eigenvalue weighted by atomic mass is 9.88. The van der Waals surface area contributed by atoms with Crippen molar-refractivity contribution in [2.75, 3.05) is 13.1 Å². The molecule has 18 heavy (non-hydrogen) atoms. The summed E-state index contributed by atoms with van der Waals surface area (Å²) in [5, 5.41) is 5.63. The number of carbonyl (C=O) groups is 2. The molecule has 0 aromatic heterocycles. The number of hydrogen-bond donors (Lipinski definition) is 3. The highest BCUT2D eigenvalue weighted by Crippen LogP contribution is 2.23. The van der Waals surface area contributed by atoms with Gasteiger partial charge in [0.1, 0.15) is 0 Å². The third-order valence-corrected chi connectivity index (χ3v) is 3.32. The van der Waals surface area contributed by atoms with Gasteiger partial charge in [0.05, 0.1) is 0 Å². The molecule has 0 aromatic rings. The van der Waals surface area contributed by atoms with Crippen molar-refractivity contribution in [2.45, 2.75) is 51.5 Å². The Hall–Kier alpha value is -1.10. The zero-order valence-electron chi connectivity index (χ0n) is 11.2. The van der Waals surface area contributed by atoms with Crippen LogP contribution in [-0.4, -0.2) is 30.9 Å². The fraction of sp³-hybridized carbons (Fsp3) is 0.846. The van der Waals surface area contributed by atoms with Crippen molar-refractivity contribution >= 4 is 11.8 Å². The highest BCUT2D eigenvalue weighted by molar-refractivity contribution is 5.81. The number of carbonyl (C=O) groups excluding carboxylic acids is 2. The molecule has 4 N–H and O–H groups in total. The minimum Gasteiger partial charge on any atom is -0.355 e. The van der Waals surface area contributed by atoms with Crippen molar-refractivity contribution in [3.05, 3.63) is 0 Å². The van der Waals surface area contributed by atoms with Crippen molar-refractivity contribution in [3.8, 4) is 0 Å². The van der Waals surface area contributed by atoms with Gasteiger partial charge in [0.25, 0.3) is 0 Å². The first-order chi connectivity index (χ1) is 8.63. The summed E-state index contributed by atoms with van der Waals surface area (Å²) in [6.07, 6.45) is 5.81. The predicted octanol–water partition coefficient (Wildman–Crippen LogP) is 0.536. The Kier molecular flexibility index (Phi) is 6.72. The molecule has 0 radical (unpaired) electrons. The fourth-order valence-corrected chi connectivity index (χ4v) is 2.34. The SMILES string of the molecule is CC(CC(=O)NCCN)NC(=O)C1CCCCC1. The summed E-state index contributed by atoms with van der Waals surface area (Å²) < 4.78 is 0.